The van der Waals surface area contributed by atoms with E-state index in [4.69, 9.17) is 4.74 Å². The normalized spacial score (nSPS) is 17.9. The molecule has 1 aliphatic heterocycles. The van der Waals surface area contributed by atoms with E-state index in [1.165, 1.54) is 11.1 Å². The van der Waals surface area contributed by atoms with E-state index < -0.39 is 0 Å². The van der Waals surface area contributed by atoms with Crippen LogP contribution in [0.15, 0.2) is 24.3 Å². The van der Waals surface area contributed by atoms with Gasteiger partial charge in [-0.1, -0.05) is 40.2 Å². The molecule has 0 saturated carbocycles. The van der Waals surface area contributed by atoms with Crippen LogP contribution in [-0.4, -0.2) is 35.8 Å². The minimum Gasteiger partial charge on any atom is -0.371 e. The van der Waals surface area contributed by atoms with E-state index in [1.54, 1.807) is 4.90 Å². The molecule has 104 valence electrons. The first-order valence-corrected chi connectivity index (χ1v) is 7.81. The molecule has 1 aromatic carbocycles. The van der Waals surface area contributed by atoms with Crippen molar-refractivity contribution in [3.05, 3.63) is 35.4 Å². The fraction of sp³-hybridized carbons (Fsp3) is 0.533. The van der Waals surface area contributed by atoms with Gasteiger partial charge in [0.05, 0.1) is 12.7 Å². The SMILES string of the molecule is CN(CC1Cc2ccccc2CO1)C(=O)CCCBr. The van der Waals surface area contributed by atoms with Crippen molar-refractivity contribution >= 4 is 21.8 Å². The Balaban J connectivity index is 1.86. The predicted octanol–water partition coefficient (Wildman–Crippen LogP) is 2.76. The molecule has 0 aliphatic carbocycles. The van der Waals surface area contributed by atoms with E-state index in [9.17, 15) is 4.79 Å². The molecule has 0 spiro atoms. The average Bonchev–Trinajstić information content (AvgIpc) is 2.44. The van der Waals surface area contributed by atoms with Crippen molar-refractivity contribution in [2.75, 3.05) is 18.9 Å². The fourth-order valence-corrected chi connectivity index (χ4v) is 2.62. The molecule has 1 aromatic rings. The molecule has 1 amide bonds. The molecule has 4 heteroatoms. The van der Waals surface area contributed by atoms with Crippen LogP contribution in [0.2, 0.25) is 0 Å². The molecule has 1 aliphatic rings. The molecule has 0 saturated heterocycles. The Morgan fingerprint density at radius 2 is 2.16 bits per heavy atom. The van der Waals surface area contributed by atoms with Crippen LogP contribution in [-0.2, 0) is 22.6 Å². The fourth-order valence-electron chi connectivity index (χ4n) is 2.34. The minimum absolute atomic E-state index is 0.118. The van der Waals surface area contributed by atoms with Gasteiger partial charge >= 0.3 is 0 Å². The Labute approximate surface area is 123 Å². The minimum atomic E-state index is 0.118. The second kappa shape index (κ2) is 7.06. The van der Waals surface area contributed by atoms with E-state index in [-0.39, 0.29) is 12.0 Å². The van der Waals surface area contributed by atoms with Crippen LogP contribution in [0.25, 0.3) is 0 Å². The highest BCUT2D eigenvalue weighted by Crippen LogP contribution is 2.20. The molecule has 0 bridgehead atoms. The number of halogens is 1. The number of nitrogens with zero attached hydrogens (tertiary/aromatic N) is 1. The first kappa shape index (κ1) is 14.5. The molecule has 1 atom stereocenters. The summed E-state index contributed by atoms with van der Waals surface area (Å²) in [5, 5.41) is 0.875. The number of alkyl halides is 1. The van der Waals surface area contributed by atoms with Gasteiger partial charge in [0.2, 0.25) is 5.91 Å². The number of amides is 1. The summed E-state index contributed by atoms with van der Waals surface area (Å²) in [7, 11) is 1.86. The summed E-state index contributed by atoms with van der Waals surface area (Å²) in [5.41, 5.74) is 2.62. The molecule has 1 unspecified atom stereocenters. The number of carbonyl (C=O) groups excluding carboxylic acids is 1. The first-order chi connectivity index (χ1) is 9.20. The van der Waals surface area contributed by atoms with Gasteiger partial charge in [-0.25, -0.2) is 0 Å². The van der Waals surface area contributed by atoms with Crippen LogP contribution in [0.4, 0.5) is 0 Å². The van der Waals surface area contributed by atoms with Gasteiger partial charge in [0.1, 0.15) is 0 Å². The van der Waals surface area contributed by atoms with Crippen molar-refractivity contribution in [1.82, 2.24) is 4.90 Å². The zero-order chi connectivity index (χ0) is 13.7. The van der Waals surface area contributed by atoms with E-state index in [0.29, 0.717) is 19.6 Å². The molecule has 0 radical (unpaired) electrons. The lowest BCUT2D eigenvalue weighted by Crippen LogP contribution is -2.38. The third kappa shape index (κ3) is 4.05. The molecular formula is C15H20BrNO2. The van der Waals surface area contributed by atoms with Crippen molar-refractivity contribution in [3.8, 4) is 0 Å². The number of ether oxygens (including phenoxy) is 1. The topological polar surface area (TPSA) is 29.5 Å². The van der Waals surface area contributed by atoms with Gasteiger partial charge in [0, 0.05) is 31.8 Å². The summed E-state index contributed by atoms with van der Waals surface area (Å²) < 4.78 is 5.83. The van der Waals surface area contributed by atoms with E-state index in [1.807, 2.05) is 13.1 Å². The van der Waals surface area contributed by atoms with Gasteiger partial charge in [-0.2, -0.15) is 0 Å². The molecule has 19 heavy (non-hydrogen) atoms. The van der Waals surface area contributed by atoms with Crippen LogP contribution in [0.1, 0.15) is 24.0 Å². The van der Waals surface area contributed by atoms with Gasteiger partial charge < -0.3 is 9.64 Å². The summed E-state index contributed by atoms with van der Waals surface area (Å²) in [6.07, 6.45) is 2.50. The van der Waals surface area contributed by atoms with Crippen LogP contribution >= 0.6 is 15.9 Å². The largest absolute Gasteiger partial charge is 0.371 e. The molecule has 0 N–H and O–H groups in total. The second-order valence-corrected chi connectivity index (χ2v) is 5.77. The quantitative estimate of drug-likeness (QED) is 0.779. The van der Waals surface area contributed by atoms with Crippen LogP contribution in [0.3, 0.4) is 0 Å². The van der Waals surface area contributed by atoms with E-state index in [0.717, 1.165) is 18.2 Å². The van der Waals surface area contributed by atoms with Gasteiger partial charge in [-0.15, -0.1) is 0 Å². The molecule has 1 heterocycles. The number of hydrogen-bond acceptors (Lipinski definition) is 2. The average molecular weight is 326 g/mol. The number of hydrogen-bond donors (Lipinski definition) is 0. The lowest BCUT2D eigenvalue weighted by molar-refractivity contribution is -0.132. The Morgan fingerprint density at radius 1 is 1.42 bits per heavy atom. The smallest absolute Gasteiger partial charge is 0.222 e. The molecule has 3 nitrogen and oxygen atoms in total. The number of carbonyl (C=O) groups is 1. The maximum absolute atomic E-state index is 11.9. The Morgan fingerprint density at radius 3 is 2.89 bits per heavy atom. The highest BCUT2D eigenvalue weighted by atomic mass is 79.9. The van der Waals surface area contributed by atoms with Gasteiger partial charge in [0.25, 0.3) is 0 Å². The monoisotopic (exact) mass is 325 g/mol. The first-order valence-electron chi connectivity index (χ1n) is 6.69. The van der Waals surface area contributed by atoms with Gasteiger partial charge in [-0.3, -0.25) is 4.79 Å². The van der Waals surface area contributed by atoms with Crippen LogP contribution < -0.4 is 0 Å². The standard InChI is InChI=1S/C15H20BrNO2/c1-17(15(18)7-4-8-16)10-14-9-12-5-2-3-6-13(12)11-19-14/h2-3,5-6,14H,4,7-11H2,1H3. The zero-order valence-corrected chi connectivity index (χ0v) is 12.9. The number of rotatable bonds is 5. The van der Waals surface area contributed by atoms with Gasteiger partial charge in [-0.05, 0) is 17.5 Å². The number of fused-ring (bicyclic) bond motifs is 1. The van der Waals surface area contributed by atoms with E-state index >= 15 is 0 Å². The summed E-state index contributed by atoms with van der Waals surface area (Å²) >= 11 is 3.35. The highest BCUT2D eigenvalue weighted by molar-refractivity contribution is 9.09. The molecule has 0 fully saturated rings. The molecule has 0 aromatic heterocycles. The maximum Gasteiger partial charge on any atom is 0.222 e. The Hall–Kier alpha value is -0.870. The Kier molecular flexibility index (Phi) is 5.40. The lowest BCUT2D eigenvalue weighted by Gasteiger charge is -2.29. The van der Waals surface area contributed by atoms with Crippen LogP contribution in [0.5, 0.6) is 0 Å². The summed E-state index contributed by atoms with van der Waals surface area (Å²) in [6, 6.07) is 8.36. The summed E-state index contributed by atoms with van der Waals surface area (Å²) in [4.78, 5) is 13.7. The Bertz CT molecular complexity index is 436. The zero-order valence-electron chi connectivity index (χ0n) is 11.3. The molecular weight excluding hydrogens is 306 g/mol. The van der Waals surface area contributed by atoms with Crippen molar-refractivity contribution in [2.45, 2.75) is 32.0 Å². The molecule has 2 rings (SSSR count). The third-order valence-corrected chi connectivity index (χ3v) is 4.03. The second-order valence-electron chi connectivity index (χ2n) is 4.97. The van der Waals surface area contributed by atoms with Crippen molar-refractivity contribution in [1.29, 1.82) is 0 Å². The summed E-state index contributed by atoms with van der Waals surface area (Å²) in [5.74, 6) is 0.196. The van der Waals surface area contributed by atoms with Crippen molar-refractivity contribution < 1.29 is 9.53 Å². The van der Waals surface area contributed by atoms with Gasteiger partial charge in [0.15, 0.2) is 0 Å². The van der Waals surface area contributed by atoms with Crippen LogP contribution in [0, 0.1) is 0 Å². The van der Waals surface area contributed by atoms with E-state index in [2.05, 4.69) is 34.1 Å². The lowest BCUT2D eigenvalue weighted by atomic mass is 9.99. The summed E-state index contributed by atoms with van der Waals surface area (Å²) in [6.45, 7) is 1.33. The predicted molar refractivity (Wildman–Crippen MR) is 79.4 cm³/mol. The number of likely N-dealkylation sites (N-methyl/N-ethyl adjacent to an activating group) is 1. The van der Waals surface area contributed by atoms with Crippen molar-refractivity contribution in [2.24, 2.45) is 0 Å². The highest BCUT2D eigenvalue weighted by Gasteiger charge is 2.21. The van der Waals surface area contributed by atoms with Crippen molar-refractivity contribution in [3.63, 3.8) is 0 Å². The third-order valence-electron chi connectivity index (χ3n) is 3.47. The maximum atomic E-state index is 11.9. The number of benzene rings is 1.